The van der Waals surface area contributed by atoms with Crippen LogP contribution < -0.4 is 5.73 Å². The smallest absolute Gasteiger partial charge is 0.0761 e. The molecule has 132 valence electrons. The summed E-state index contributed by atoms with van der Waals surface area (Å²) in [5.41, 5.74) is 7.65. The molecule has 0 heterocycles. The van der Waals surface area contributed by atoms with Gasteiger partial charge in [-0.2, -0.15) is 0 Å². The Labute approximate surface area is 155 Å². The number of aliphatic hydroxyl groups excluding tert-OH is 1. The summed E-state index contributed by atoms with van der Waals surface area (Å²) < 4.78 is 0. The van der Waals surface area contributed by atoms with E-state index < -0.39 is 6.10 Å². The van der Waals surface area contributed by atoms with E-state index in [2.05, 4.69) is 54.6 Å². The summed E-state index contributed by atoms with van der Waals surface area (Å²) >= 11 is 0. The Balaban J connectivity index is 0.00000182. The van der Waals surface area contributed by atoms with E-state index in [1.807, 2.05) is 0 Å². The monoisotopic (exact) mass is 355 g/mol. The molecule has 3 aromatic carbocycles. The van der Waals surface area contributed by atoms with Gasteiger partial charge in [0.15, 0.2) is 0 Å². The summed E-state index contributed by atoms with van der Waals surface area (Å²) in [7, 11) is 0. The van der Waals surface area contributed by atoms with Gasteiger partial charge >= 0.3 is 0 Å². The average Bonchev–Trinajstić information content (AvgIpc) is 2.67. The van der Waals surface area contributed by atoms with Crippen LogP contribution in [0, 0.1) is 5.92 Å². The van der Waals surface area contributed by atoms with Crippen molar-refractivity contribution in [3.63, 3.8) is 0 Å². The normalized spacial score (nSPS) is 18.0. The van der Waals surface area contributed by atoms with Gasteiger partial charge in [-0.25, -0.2) is 0 Å². The van der Waals surface area contributed by atoms with Crippen LogP contribution in [0.2, 0.25) is 0 Å². The van der Waals surface area contributed by atoms with Crippen molar-refractivity contribution >= 4 is 34.0 Å². The third kappa shape index (κ3) is 3.39. The summed E-state index contributed by atoms with van der Waals surface area (Å²) in [6.45, 7) is 0. The number of halogens is 1. The molecule has 1 aliphatic carbocycles. The highest BCUT2D eigenvalue weighted by Crippen LogP contribution is 2.36. The standard InChI is InChI=1S/C22H25NO.ClH/c23-21(22(24)15-8-2-1-3-9-15)20-14-16-10-4-5-11-17(16)18-12-6-7-13-19(18)20;/h4-7,10-15,21-22,24H,1-3,8-9,23H2;1H/t21-,22+;/m1./s1. The van der Waals surface area contributed by atoms with Gasteiger partial charge in [0.25, 0.3) is 0 Å². The van der Waals surface area contributed by atoms with Crippen LogP contribution in [-0.2, 0) is 0 Å². The molecule has 2 nitrogen and oxygen atoms in total. The van der Waals surface area contributed by atoms with Crippen LogP contribution in [0.5, 0.6) is 0 Å². The second-order valence-electron chi connectivity index (χ2n) is 7.15. The molecular weight excluding hydrogens is 330 g/mol. The van der Waals surface area contributed by atoms with Crippen molar-refractivity contribution in [2.24, 2.45) is 11.7 Å². The Kier molecular flexibility index (Phi) is 5.63. The number of hydrogen-bond donors (Lipinski definition) is 2. The molecular formula is C22H26ClNO. The van der Waals surface area contributed by atoms with Crippen LogP contribution >= 0.6 is 12.4 Å². The molecule has 0 bridgehead atoms. The van der Waals surface area contributed by atoms with Crippen molar-refractivity contribution in [3.05, 3.63) is 60.2 Å². The fourth-order valence-corrected chi connectivity index (χ4v) is 4.31. The summed E-state index contributed by atoms with van der Waals surface area (Å²) in [5, 5.41) is 15.7. The lowest BCUT2D eigenvalue weighted by Gasteiger charge is -2.31. The molecule has 3 heteroatoms. The molecule has 4 rings (SSSR count). The fraction of sp³-hybridized carbons (Fsp3) is 0.364. The third-order valence-electron chi connectivity index (χ3n) is 5.66. The number of aliphatic hydroxyl groups is 1. The van der Waals surface area contributed by atoms with Crippen molar-refractivity contribution in [1.82, 2.24) is 0 Å². The minimum atomic E-state index is -0.463. The average molecular weight is 356 g/mol. The predicted molar refractivity (Wildman–Crippen MR) is 108 cm³/mol. The van der Waals surface area contributed by atoms with E-state index in [4.69, 9.17) is 5.73 Å². The Bertz CT molecular complexity index is 857. The number of rotatable bonds is 3. The Morgan fingerprint density at radius 1 is 0.840 bits per heavy atom. The van der Waals surface area contributed by atoms with Gasteiger partial charge in [0.05, 0.1) is 12.1 Å². The van der Waals surface area contributed by atoms with Crippen molar-refractivity contribution in [2.45, 2.75) is 44.2 Å². The summed E-state index contributed by atoms with van der Waals surface area (Å²) in [6, 6.07) is 18.7. The van der Waals surface area contributed by atoms with Gasteiger partial charge in [-0.3, -0.25) is 0 Å². The Hall–Kier alpha value is -1.61. The molecule has 3 aromatic rings. The van der Waals surface area contributed by atoms with Gasteiger partial charge in [-0.15, -0.1) is 12.4 Å². The lowest BCUT2D eigenvalue weighted by molar-refractivity contribution is 0.0622. The number of fused-ring (bicyclic) bond motifs is 3. The summed E-state index contributed by atoms with van der Waals surface area (Å²) in [5.74, 6) is 0.332. The van der Waals surface area contributed by atoms with Crippen LogP contribution in [0.3, 0.4) is 0 Å². The highest BCUT2D eigenvalue weighted by Gasteiger charge is 2.28. The molecule has 1 saturated carbocycles. The lowest BCUT2D eigenvalue weighted by atomic mass is 9.80. The van der Waals surface area contributed by atoms with Crippen molar-refractivity contribution in [2.75, 3.05) is 0 Å². The highest BCUT2D eigenvalue weighted by atomic mass is 35.5. The summed E-state index contributed by atoms with van der Waals surface area (Å²) in [4.78, 5) is 0. The van der Waals surface area contributed by atoms with Crippen LogP contribution in [0.25, 0.3) is 21.5 Å². The van der Waals surface area contributed by atoms with Crippen molar-refractivity contribution < 1.29 is 5.11 Å². The van der Waals surface area contributed by atoms with E-state index in [-0.39, 0.29) is 18.4 Å². The van der Waals surface area contributed by atoms with E-state index >= 15 is 0 Å². The molecule has 0 spiro atoms. The minimum absolute atomic E-state index is 0. The lowest BCUT2D eigenvalue weighted by Crippen LogP contribution is -2.34. The maximum absolute atomic E-state index is 10.9. The molecule has 3 N–H and O–H groups in total. The van der Waals surface area contributed by atoms with Gasteiger partial charge in [0.1, 0.15) is 0 Å². The van der Waals surface area contributed by atoms with E-state index in [0.717, 1.165) is 18.4 Å². The fourth-order valence-electron chi connectivity index (χ4n) is 4.31. The van der Waals surface area contributed by atoms with Gasteiger partial charge in [-0.05, 0) is 51.9 Å². The van der Waals surface area contributed by atoms with E-state index in [9.17, 15) is 5.11 Å². The van der Waals surface area contributed by atoms with Crippen molar-refractivity contribution in [1.29, 1.82) is 0 Å². The second-order valence-corrected chi connectivity index (χ2v) is 7.15. The molecule has 1 fully saturated rings. The van der Waals surface area contributed by atoms with Gasteiger partial charge in [0, 0.05) is 0 Å². The first-order valence-electron chi connectivity index (χ1n) is 9.10. The topological polar surface area (TPSA) is 46.2 Å². The molecule has 0 unspecified atom stereocenters. The third-order valence-corrected chi connectivity index (χ3v) is 5.66. The SMILES string of the molecule is Cl.N[C@H](c1cc2ccccc2c2ccccc12)[C@@H](O)C1CCCCC1. The zero-order valence-electron chi connectivity index (χ0n) is 14.4. The molecule has 0 aliphatic heterocycles. The Morgan fingerprint density at radius 3 is 2.16 bits per heavy atom. The second kappa shape index (κ2) is 7.74. The van der Waals surface area contributed by atoms with Gasteiger partial charge in [0.2, 0.25) is 0 Å². The quantitative estimate of drug-likeness (QED) is 0.621. The van der Waals surface area contributed by atoms with Gasteiger partial charge in [-0.1, -0.05) is 67.8 Å². The van der Waals surface area contributed by atoms with E-state index in [1.54, 1.807) is 0 Å². The minimum Gasteiger partial charge on any atom is -0.391 e. The van der Waals surface area contributed by atoms with Crippen molar-refractivity contribution in [3.8, 4) is 0 Å². The zero-order valence-corrected chi connectivity index (χ0v) is 15.2. The number of benzene rings is 3. The highest BCUT2D eigenvalue weighted by molar-refractivity contribution is 6.09. The van der Waals surface area contributed by atoms with E-state index in [0.29, 0.717) is 5.92 Å². The zero-order chi connectivity index (χ0) is 16.5. The maximum atomic E-state index is 10.9. The maximum Gasteiger partial charge on any atom is 0.0761 e. The molecule has 0 saturated heterocycles. The van der Waals surface area contributed by atoms with Crippen LogP contribution in [0.15, 0.2) is 54.6 Å². The largest absolute Gasteiger partial charge is 0.391 e. The first-order valence-corrected chi connectivity index (χ1v) is 9.10. The Morgan fingerprint density at radius 2 is 1.44 bits per heavy atom. The van der Waals surface area contributed by atoms with Crippen LogP contribution in [-0.4, -0.2) is 11.2 Å². The molecule has 1 aliphatic rings. The number of hydrogen-bond acceptors (Lipinski definition) is 2. The van der Waals surface area contributed by atoms with E-state index in [1.165, 1.54) is 40.8 Å². The first kappa shape index (κ1) is 18.2. The predicted octanol–water partition coefficient (Wildman–Crippen LogP) is 5.36. The molecule has 0 radical (unpaired) electrons. The molecule has 2 atom stereocenters. The molecule has 0 aromatic heterocycles. The number of nitrogens with two attached hydrogens (primary N) is 1. The first-order chi connectivity index (χ1) is 11.8. The van der Waals surface area contributed by atoms with Crippen LogP contribution in [0.4, 0.5) is 0 Å². The molecule has 25 heavy (non-hydrogen) atoms. The molecule has 0 amide bonds. The summed E-state index contributed by atoms with van der Waals surface area (Å²) in [6.07, 6.45) is 5.45. The van der Waals surface area contributed by atoms with Crippen LogP contribution in [0.1, 0.15) is 43.7 Å². The van der Waals surface area contributed by atoms with Gasteiger partial charge < -0.3 is 10.8 Å².